The maximum Gasteiger partial charge on any atom is 0.274 e. The normalized spacial score (nSPS) is 15.7. The first-order valence-electron chi connectivity index (χ1n) is 11.4. The number of fused-ring (bicyclic) bond motifs is 3. The number of hydrogen-bond acceptors (Lipinski definition) is 5. The van der Waals surface area contributed by atoms with E-state index in [-0.39, 0.29) is 17.0 Å². The first-order valence-corrected chi connectivity index (χ1v) is 12.2. The van der Waals surface area contributed by atoms with Gasteiger partial charge >= 0.3 is 0 Å². The van der Waals surface area contributed by atoms with Crippen LogP contribution in [0.2, 0.25) is 0 Å². The first kappa shape index (κ1) is 21.6. The number of aromatic nitrogens is 1. The Kier molecular flexibility index (Phi) is 5.04. The molecule has 0 saturated heterocycles. The quantitative estimate of drug-likeness (QED) is 0.409. The Balaban J connectivity index is 1.68. The summed E-state index contributed by atoms with van der Waals surface area (Å²) in [6.07, 6.45) is 1.84. The molecule has 5 nitrogen and oxygen atoms in total. The van der Waals surface area contributed by atoms with Crippen LogP contribution in [0.4, 0.5) is 0 Å². The zero-order chi connectivity index (χ0) is 24.8. The third kappa shape index (κ3) is 3.17. The Morgan fingerprint density at radius 1 is 0.806 bits per heavy atom. The van der Waals surface area contributed by atoms with Crippen molar-refractivity contribution in [2.75, 3.05) is 0 Å². The zero-order valence-electron chi connectivity index (χ0n) is 19.0. The Hall–Kier alpha value is -4.91. The van der Waals surface area contributed by atoms with E-state index >= 15 is 0 Å². The number of allylic oxidation sites excluding steroid dienone is 1. The van der Waals surface area contributed by atoms with Gasteiger partial charge in [0, 0.05) is 0 Å². The molecule has 0 radical (unpaired) electrons. The van der Waals surface area contributed by atoms with Crippen LogP contribution in [0.3, 0.4) is 0 Å². The van der Waals surface area contributed by atoms with Crippen molar-refractivity contribution in [1.82, 2.24) is 4.57 Å². The highest BCUT2D eigenvalue weighted by Crippen LogP contribution is 2.38. The topological polar surface area (TPSA) is 95.6 Å². The molecule has 0 spiro atoms. The second-order valence-corrected chi connectivity index (χ2v) is 9.59. The van der Waals surface area contributed by atoms with Crippen LogP contribution in [0.15, 0.2) is 95.3 Å². The molecule has 0 aliphatic carbocycles. The van der Waals surface area contributed by atoms with E-state index < -0.39 is 5.92 Å². The Labute approximate surface area is 210 Å². The smallest absolute Gasteiger partial charge is 0.274 e. The van der Waals surface area contributed by atoms with Crippen molar-refractivity contribution in [1.29, 1.82) is 10.5 Å². The molecule has 0 bridgehead atoms. The molecule has 0 amide bonds. The molecular formula is C30H18N4OS. The summed E-state index contributed by atoms with van der Waals surface area (Å²) in [4.78, 5) is 13.5. The minimum atomic E-state index is -0.658. The molecule has 1 unspecified atom stereocenters. The van der Waals surface area contributed by atoms with Crippen molar-refractivity contribution in [2.45, 2.75) is 5.92 Å². The highest BCUT2D eigenvalue weighted by Gasteiger charge is 2.33. The Morgan fingerprint density at radius 3 is 2.14 bits per heavy atom. The average molecular weight is 483 g/mol. The van der Waals surface area contributed by atoms with Gasteiger partial charge in [-0.05, 0) is 38.7 Å². The highest BCUT2D eigenvalue weighted by atomic mass is 32.1. The monoisotopic (exact) mass is 482 g/mol. The van der Waals surface area contributed by atoms with E-state index in [0.717, 1.165) is 32.7 Å². The van der Waals surface area contributed by atoms with E-state index in [1.54, 1.807) is 0 Å². The van der Waals surface area contributed by atoms with Gasteiger partial charge < -0.3 is 5.73 Å². The molecule has 4 aromatic carbocycles. The van der Waals surface area contributed by atoms with Crippen molar-refractivity contribution in [3.05, 3.63) is 121 Å². The molecule has 170 valence electrons. The van der Waals surface area contributed by atoms with Crippen molar-refractivity contribution in [3.8, 4) is 12.1 Å². The lowest BCUT2D eigenvalue weighted by Gasteiger charge is -2.23. The standard InChI is InChI=1S/C30H18N4OS/c31-16-24-27(23-14-6-10-19-8-2-4-13-22(19)23)25(17-32)30-34(28(24)33)29(35)26(36-30)15-20-11-5-9-18-7-1-3-12-21(18)20/h1-15,27H,33H2/b26-15-. The maximum absolute atomic E-state index is 13.5. The van der Waals surface area contributed by atoms with E-state index in [9.17, 15) is 15.3 Å². The van der Waals surface area contributed by atoms with Gasteiger partial charge in [-0.15, -0.1) is 11.3 Å². The fourth-order valence-corrected chi connectivity index (χ4v) is 6.10. The first-order chi connectivity index (χ1) is 17.6. The average Bonchev–Trinajstić information content (AvgIpc) is 3.24. The number of thiazole rings is 1. The van der Waals surface area contributed by atoms with Gasteiger partial charge in [0.25, 0.3) is 5.56 Å². The lowest BCUT2D eigenvalue weighted by Crippen LogP contribution is -2.38. The summed E-state index contributed by atoms with van der Waals surface area (Å²) < 4.78 is 2.23. The number of nitriles is 2. The van der Waals surface area contributed by atoms with Crippen molar-refractivity contribution in [2.24, 2.45) is 5.73 Å². The van der Waals surface area contributed by atoms with Gasteiger partial charge in [-0.2, -0.15) is 10.5 Å². The summed E-state index contributed by atoms with van der Waals surface area (Å²) in [6, 6.07) is 32.1. The molecule has 6 rings (SSSR count). The van der Waals surface area contributed by atoms with E-state index in [4.69, 9.17) is 5.73 Å². The van der Waals surface area contributed by atoms with E-state index in [2.05, 4.69) is 12.1 Å². The minimum Gasteiger partial charge on any atom is -0.384 e. The van der Waals surface area contributed by atoms with Gasteiger partial charge in [-0.3, -0.25) is 9.36 Å². The highest BCUT2D eigenvalue weighted by molar-refractivity contribution is 7.07. The molecule has 2 heterocycles. The minimum absolute atomic E-state index is 0.0725. The number of nitrogens with two attached hydrogens (primary N) is 1. The lowest BCUT2D eigenvalue weighted by molar-refractivity contribution is 0.910. The van der Waals surface area contributed by atoms with E-state index in [0.29, 0.717) is 14.8 Å². The van der Waals surface area contributed by atoms with Crippen molar-refractivity contribution >= 4 is 50.4 Å². The zero-order valence-corrected chi connectivity index (χ0v) is 19.8. The fraction of sp³-hybridized carbons (Fsp3) is 0.0333. The summed E-state index contributed by atoms with van der Waals surface area (Å²) in [5.74, 6) is -0.585. The second kappa shape index (κ2) is 8.39. The van der Waals surface area contributed by atoms with Gasteiger partial charge in [0.05, 0.1) is 33.7 Å². The molecule has 1 atom stereocenters. The predicted octanol–water partition coefficient (Wildman–Crippen LogP) is 4.17. The van der Waals surface area contributed by atoms with Crippen LogP contribution in [0.5, 0.6) is 0 Å². The van der Waals surface area contributed by atoms with Crippen LogP contribution in [0, 0.1) is 22.7 Å². The molecule has 1 aromatic heterocycles. The summed E-state index contributed by atoms with van der Waals surface area (Å²) in [7, 11) is 0. The molecule has 1 aliphatic rings. The molecule has 6 heteroatoms. The molecule has 36 heavy (non-hydrogen) atoms. The van der Waals surface area contributed by atoms with E-state index in [1.165, 1.54) is 15.9 Å². The predicted molar refractivity (Wildman–Crippen MR) is 144 cm³/mol. The second-order valence-electron chi connectivity index (χ2n) is 8.56. The third-order valence-electron chi connectivity index (χ3n) is 6.63. The van der Waals surface area contributed by atoms with Gasteiger partial charge in [-0.25, -0.2) is 0 Å². The van der Waals surface area contributed by atoms with Gasteiger partial charge in [0.2, 0.25) is 0 Å². The molecule has 5 aromatic rings. The molecular weight excluding hydrogens is 464 g/mol. The van der Waals surface area contributed by atoms with Crippen LogP contribution in [0.25, 0.3) is 39.0 Å². The molecule has 0 saturated carbocycles. The van der Waals surface area contributed by atoms with Crippen LogP contribution in [-0.4, -0.2) is 4.57 Å². The number of rotatable bonds is 2. The van der Waals surface area contributed by atoms with Crippen molar-refractivity contribution in [3.63, 3.8) is 0 Å². The van der Waals surface area contributed by atoms with Crippen LogP contribution in [0.1, 0.15) is 17.0 Å². The lowest BCUT2D eigenvalue weighted by atomic mass is 9.82. The van der Waals surface area contributed by atoms with Crippen LogP contribution >= 0.6 is 11.3 Å². The van der Waals surface area contributed by atoms with E-state index in [1.807, 2.05) is 91.0 Å². The third-order valence-corrected chi connectivity index (χ3v) is 7.74. The molecule has 0 fully saturated rings. The number of hydrogen-bond donors (Lipinski definition) is 1. The van der Waals surface area contributed by atoms with Gasteiger partial charge in [0.1, 0.15) is 10.5 Å². The van der Waals surface area contributed by atoms with Crippen LogP contribution in [-0.2, 0) is 0 Å². The maximum atomic E-state index is 13.5. The SMILES string of the molecule is N#CC1=C(N)n2c(s/c(=C\c3cccc4ccccc34)c2=O)=C(C#N)C1c1cccc2ccccc12. The van der Waals surface area contributed by atoms with Gasteiger partial charge in [0.15, 0.2) is 0 Å². The largest absolute Gasteiger partial charge is 0.384 e. The summed E-state index contributed by atoms with van der Waals surface area (Å²) >= 11 is 1.23. The fourth-order valence-electron chi connectivity index (χ4n) is 4.98. The van der Waals surface area contributed by atoms with Crippen molar-refractivity contribution < 1.29 is 0 Å². The summed E-state index contributed by atoms with van der Waals surface area (Å²) in [5, 5.41) is 24.5. The summed E-state index contributed by atoms with van der Waals surface area (Å²) in [5.41, 5.74) is 8.40. The number of benzene rings is 4. The molecule has 1 aliphatic heterocycles. The van der Waals surface area contributed by atoms with Gasteiger partial charge in [-0.1, -0.05) is 84.9 Å². The molecule has 2 N–H and O–H groups in total. The summed E-state index contributed by atoms with van der Waals surface area (Å²) in [6.45, 7) is 0. The Morgan fingerprint density at radius 2 is 1.42 bits per heavy atom. The number of nitrogens with zero attached hydrogens (tertiary/aromatic N) is 3. The van der Waals surface area contributed by atoms with Crippen LogP contribution < -0.4 is 20.5 Å². The Bertz CT molecular complexity index is 2000.